The predicted octanol–water partition coefficient (Wildman–Crippen LogP) is 1.37. The summed E-state index contributed by atoms with van der Waals surface area (Å²) in [7, 11) is -0.343. The Morgan fingerprint density at radius 3 is 2.64 bits per heavy atom. The Hall–Kier alpha value is -2.42. The Balaban J connectivity index is 2.12. The lowest BCUT2D eigenvalue weighted by molar-refractivity contribution is 0.361. The zero-order valence-corrected chi connectivity index (χ0v) is 14.9. The number of hydrogen-bond acceptors (Lipinski definition) is 5. The van der Waals surface area contributed by atoms with E-state index in [-0.39, 0.29) is 0 Å². The number of aliphatic imine (C=N–C) groups is 1. The van der Waals surface area contributed by atoms with Gasteiger partial charge in [0.15, 0.2) is 6.29 Å². The first-order valence-electron chi connectivity index (χ1n) is 7.90. The van der Waals surface area contributed by atoms with Crippen molar-refractivity contribution in [1.29, 1.82) is 0 Å². The van der Waals surface area contributed by atoms with Crippen LogP contribution in [0.5, 0.6) is 0 Å². The van der Waals surface area contributed by atoms with Crippen LogP contribution < -0.4 is 10.6 Å². The van der Waals surface area contributed by atoms with Crippen LogP contribution in [-0.2, 0) is 16.8 Å². The van der Waals surface area contributed by atoms with Gasteiger partial charge < -0.3 is 5.32 Å². The van der Waals surface area contributed by atoms with Crippen LogP contribution in [0.25, 0.3) is 11.3 Å². The molecule has 25 heavy (non-hydrogen) atoms. The summed E-state index contributed by atoms with van der Waals surface area (Å²) in [5.74, 6) is 0. The second-order valence-electron chi connectivity index (χ2n) is 5.57. The average molecular weight is 359 g/mol. The Kier molecular flexibility index (Phi) is 5.03. The Morgan fingerprint density at radius 1 is 1.20 bits per heavy atom. The van der Waals surface area contributed by atoms with Gasteiger partial charge in [-0.2, -0.15) is 8.42 Å². The topological polar surface area (TPSA) is 78.7 Å². The monoisotopic (exact) mass is 359 g/mol. The van der Waals surface area contributed by atoms with E-state index in [4.69, 9.17) is 0 Å². The van der Waals surface area contributed by atoms with Crippen molar-refractivity contribution in [1.82, 2.24) is 18.9 Å². The van der Waals surface area contributed by atoms with Crippen LogP contribution in [0.4, 0.5) is 0 Å². The zero-order chi connectivity index (χ0) is 17.9. The van der Waals surface area contributed by atoms with Crippen molar-refractivity contribution in [2.45, 2.75) is 12.8 Å². The quantitative estimate of drug-likeness (QED) is 0.817. The van der Waals surface area contributed by atoms with Gasteiger partial charge in [0, 0.05) is 25.2 Å². The molecule has 0 saturated carbocycles. The lowest BCUT2D eigenvalue weighted by Crippen LogP contribution is -2.46. The molecule has 0 spiro atoms. The normalized spacial score (nSPS) is 17.2. The maximum Gasteiger partial charge on any atom is 0.332 e. The number of rotatable bonds is 6. The maximum atomic E-state index is 13.3. The second kappa shape index (κ2) is 7.22. The van der Waals surface area contributed by atoms with Crippen molar-refractivity contribution >= 4 is 16.4 Å². The van der Waals surface area contributed by atoms with E-state index >= 15 is 0 Å². The van der Waals surface area contributed by atoms with E-state index < -0.39 is 16.5 Å². The molecule has 2 heterocycles. The van der Waals surface area contributed by atoms with Crippen LogP contribution in [0.2, 0.25) is 0 Å². The molecule has 0 fully saturated rings. The van der Waals surface area contributed by atoms with Gasteiger partial charge in [0.1, 0.15) is 0 Å². The van der Waals surface area contributed by atoms with Crippen LogP contribution >= 0.6 is 0 Å². The van der Waals surface area contributed by atoms with E-state index in [1.54, 1.807) is 25.5 Å². The van der Waals surface area contributed by atoms with Gasteiger partial charge in [0.25, 0.3) is 0 Å². The third-order valence-electron chi connectivity index (χ3n) is 3.85. The molecule has 1 aromatic carbocycles. The van der Waals surface area contributed by atoms with Crippen molar-refractivity contribution in [3.63, 3.8) is 0 Å². The number of nitrogens with zero attached hydrogens (tertiary/aromatic N) is 3. The van der Waals surface area contributed by atoms with Crippen molar-refractivity contribution in [2.75, 3.05) is 14.1 Å². The number of nitrogens with one attached hydrogen (secondary N) is 2. The first-order valence-corrected chi connectivity index (χ1v) is 9.30. The molecular weight excluding hydrogens is 338 g/mol. The minimum atomic E-state index is -3.84. The van der Waals surface area contributed by atoms with E-state index in [0.29, 0.717) is 12.2 Å². The van der Waals surface area contributed by atoms with Gasteiger partial charge in [0.05, 0.1) is 5.69 Å². The van der Waals surface area contributed by atoms with Crippen molar-refractivity contribution in [3.8, 4) is 11.3 Å². The summed E-state index contributed by atoms with van der Waals surface area (Å²) in [5, 5.41) is 5.95. The third kappa shape index (κ3) is 3.37. The van der Waals surface area contributed by atoms with Gasteiger partial charge in [-0.05, 0) is 37.4 Å². The van der Waals surface area contributed by atoms with E-state index in [1.165, 1.54) is 14.5 Å². The molecule has 3 rings (SSSR count). The van der Waals surface area contributed by atoms with E-state index in [2.05, 4.69) is 15.6 Å². The number of benzene rings is 1. The molecule has 2 N–H and O–H groups in total. The number of hydrogen-bond donors (Lipinski definition) is 2. The molecule has 1 atom stereocenters. The van der Waals surface area contributed by atoms with E-state index in [9.17, 15) is 8.42 Å². The van der Waals surface area contributed by atoms with Crippen LogP contribution in [-0.4, -0.2) is 43.3 Å². The average Bonchev–Trinajstić information content (AvgIpc) is 3.07. The maximum absolute atomic E-state index is 13.3. The van der Waals surface area contributed by atoms with Crippen LogP contribution in [0, 0.1) is 0 Å². The lowest BCUT2D eigenvalue weighted by Gasteiger charge is -2.29. The molecule has 0 saturated heterocycles. The molecule has 0 amide bonds. The van der Waals surface area contributed by atoms with Crippen LogP contribution in [0.15, 0.2) is 59.9 Å². The Labute approximate surface area is 147 Å². The highest BCUT2D eigenvalue weighted by Gasteiger charge is 2.30. The highest BCUT2D eigenvalue weighted by atomic mass is 32.2. The summed E-state index contributed by atoms with van der Waals surface area (Å²) in [4.78, 5) is 4.16. The zero-order valence-electron chi connectivity index (χ0n) is 14.1. The third-order valence-corrected chi connectivity index (χ3v) is 5.51. The Bertz CT molecular complexity index is 887. The predicted molar refractivity (Wildman–Crippen MR) is 99.3 cm³/mol. The van der Waals surface area contributed by atoms with Crippen LogP contribution in [0.1, 0.15) is 5.56 Å². The second-order valence-corrected chi connectivity index (χ2v) is 7.28. The first-order chi connectivity index (χ1) is 12.1. The van der Waals surface area contributed by atoms with Crippen molar-refractivity contribution in [2.24, 2.45) is 4.99 Å². The molecule has 132 valence electrons. The molecule has 1 aliphatic rings. The summed E-state index contributed by atoms with van der Waals surface area (Å²) in [6.07, 6.45) is 5.66. The summed E-state index contributed by atoms with van der Waals surface area (Å²) in [5.41, 5.74) is 2.33. The molecule has 0 bridgehead atoms. The highest BCUT2D eigenvalue weighted by molar-refractivity contribution is 7.87. The Morgan fingerprint density at radius 2 is 1.96 bits per heavy atom. The molecule has 1 aliphatic heterocycles. The smallest absolute Gasteiger partial charge is 0.316 e. The van der Waals surface area contributed by atoms with Crippen LogP contribution in [0.3, 0.4) is 0 Å². The SMILES string of the molecule is CNCc1cc(-c2ccccc2)n(S(=O)(=O)N2C=CC=NC2NC)c1. The first kappa shape index (κ1) is 17.4. The minimum Gasteiger partial charge on any atom is -0.316 e. The number of allylic oxidation sites excluding steroid dienone is 1. The summed E-state index contributed by atoms with van der Waals surface area (Å²) in [6, 6.07) is 11.3. The fourth-order valence-electron chi connectivity index (χ4n) is 2.72. The number of aromatic nitrogens is 1. The van der Waals surface area contributed by atoms with E-state index in [0.717, 1.165) is 11.1 Å². The van der Waals surface area contributed by atoms with Crippen molar-refractivity contribution in [3.05, 3.63) is 60.4 Å². The molecule has 1 aromatic heterocycles. The summed E-state index contributed by atoms with van der Waals surface area (Å²) < 4.78 is 29.1. The van der Waals surface area contributed by atoms with Gasteiger partial charge >= 0.3 is 10.2 Å². The largest absolute Gasteiger partial charge is 0.332 e. The molecule has 0 aliphatic carbocycles. The summed E-state index contributed by atoms with van der Waals surface area (Å²) >= 11 is 0. The van der Waals surface area contributed by atoms with Gasteiger partial charge in [-0.15, -0.1) is 0 Å². The molecular formula is C17H21N5O2S. The van der Waals surface area contributed by atoms with Gasteiger partial charge in [-0.1, -0.05) is 30.3 Å². The molecule has 7 nitrogen and oxygen atoms in total. The summed E-state index contributed by atoms with van der Waals surface area (Å²) in [6.45, 7) is 0.575. The van der Waals surface area contributed by atoms with E-state index in [1.807, 2.05) is 43.4 Å². The van der Waals surface area contributed by atoms with Crippen molar-refractivity contribution < 1.29 is 8.42 Å². The molecule has 0 radical (unpaired) electrons. The highest BCUT2D eigenvalue weighted by Crippen LogP contribution is 2.26. The van der Waals surface area contributed by atoms with Gasteiger partial charge in [-0.25, -0.2) is 8.28 Å². The fourth-order valence-corrected chi connectivity index (χ4v) is 4.23. The minimum absolute atomic E-state index is 0.575. The molecule has 8 heteroatoms. The lowest BCUT2D eigenvalue weighted by atomic mass is 10.1. The fraction of sp³-hybridized carbons (Fsp3) is 0.235. The van der Waals surface area contributed by atoms with Gasteiger partial charge in [-0.3, -0.25) is 10.3 Å². The standard InChI is InChI=1S/C17H21N5O2S/c1-18-12-14-11-16(15-7-4-3-5-8-15)22(13-14)25(23,24)21-10-6-9-20-17(21)19-2/h3-11,13,17-19H,12H2,1-2H3. The molecule has 2 aromatic rings. The molecule has 1 unspecified atom stereocenters. The van der Waals surface area contributed by atoms with Gasteiger partial charge in [0.2, 0.25) is 0 Å².